The molecule has 0 aliphatic heterocycles. The van der Waals surface area contributed by atoms with Gasteiger partial charge >= 0.3 is 0 Å². The first-order valence-electron chi connectivity index (χ1n) is 9.02. The maximum absolute atomic E-state index is 5.89. The van der Waals surface area contributed by atoms with Crippen LogP contribution in [-0.4, -0.2) is 26.9 Å². The third-order valence-electron chi connectivity index (χ3n) is 4.62. The third-order valence-corrected chi connectivity index (χ3v) is 4.62. The van der Waals surface area contributed by atoms with Crippen LogP contribution in [-0.2, 0) is 45.5 Å². The van der Waals surface area contributed by atoms with Crippen molar-refractivity contribution in [2.75, 3.05) is 13.2 Å². The summed E-state index contributed by atoms with van der Waals surface area (Å²) >= 11 is 0. The molecule has 142 valence electrons. The fourth-order valence-corrected chi connectivity index (χ4v) is 3.56. The quantitative estimate of drug-likeness (QED) is 0.287. The van der Waals surface area contributed by atoms with Crippen molar-refractivity contribution in [3.63, 3.8) is 0 Å². The van der Waals surface area contributed by atoms with Crippen molar-refractivity contribution < 1.29 is 18.4 Å². The van der Waals surface area contributed by atoms with Crippen LogP contribution < -0.4 is 13.7 Å². The first-order valence-corrected chi connectivity index (χ1v) is 9.02. The first-order chi connectivity index (χ1) is 13.0. The lowest BCUT2D eigenvalue weighted by molar-refractivity contribution is -0.784. The molecular weight excluding hydrogens is 340 g/mol. The highest BCUT2D eigenvalue weighted by Gasteiger charge is 2.39. The van der Waals surface area contributed by atoms with E-state index in [0.717, 1.165) is 19.6 Å². The molecule has 3 rings (SSSR count). The van der Waals surface area contributed by atoms with E-state index >= 15 is 0 Å². The first kappa shape index (κ1) is 18.9. The molecule has 0 fully saturated rings. The highest BCUT2D eigenvalue weighted by atomic mass is 16.5. The van der Waals surface area contributed by atoms with Crippen LogP contribution in [0.3, 0.4) is 0 Å². The van der Waals surface area contributed by atoms with Gasteiger partial charge in [-0.3, -0.25) is 0 Å². The Balaban J connectivity index is 1.93. The predicted molar refractivity (Wildman–Crippen MR) is 98.9 cm³/mol. The van der Waals surface area contributed by atoms with E-state index < -0.39 is 0 Å². The predicted octanol–water partition coefficient (Wildman–Crippen LogP) is -0.399. The number of aryl methyl sites for hydroxylation is 3. The van der Waals surface area contributed by atoms with Gasteiger partial charge in [-0.05, 0) is 0 Å². The number of ether oxygens (including phenoxy) is 1. The Labute approximate surface area is 160 Å². The van der Waals surface area contributed by atoms with E-state index in [-0.39, 0.29) is 5.41 Å². The molecule has 0 aliphatic carbocycles. The second-order valence-corrected chi connectivity index (χ2v) is 7.45. The van der Waals surface area contributed by atoms with E-state index in [1.807, 2.05) is 21.1 Å². The SMILES string of the molecule is C#CCOCC(C[n+]1ccn(C)c1)(C[n+]1ccn(C)c1)C[n+]1ccn(C)c1. The van der Waals surface area contributed by atoms with Gasteiger partial charge in [-0.25, -0.2) is 27.4 Å². The molecule has 0 saturated carbocycles. The Hall–Kier alpha value is -2.85. The highest BCUT2D eigenvalue weighted by molar-refractivity contribution is 4.83. The zero-order valence-corrected chi connectivity index (χ0v) is 16.4. The summed E-state index contributed by atoms with van der Waals surface area (Å²) in [6, 6.07) is 0. The minimum Gasteiger partial charge on any atom is -0.368 e. The average molecular weight is 369 g/mol. The smallest absolute Gasteiger partial charge is 0.243 e. The summed E-state index contributed by atoms with van der Waals surface area (Å²) in [4.78, 5) is 0. The minimum atomic E-state index is -0.166. The monoisotopic (exact) mass is 369 g/mol. The molecule has 0 radical (unpaired) electrons. The molecule has 3 heterocycles. The summed E-state index contributed by atoms with van der Waals surface area (Å²) in [5, 5.41) is 0. The van der Waals surface area contributed by atoms with Crippen molar-refractivity contribution in [3.05, 3.63) is 56.2 Å². The van der Waals surface area contributed by atoms with Crippen LogP contribution in [0.5, 0.6) is 0 Å². The molecule has 27 heavy (non-hydrogen) atoms. The molecule has 7 heteroatoms. The van der Waals surface area contributed by atoms with Crippen molar-refractivity contribution in [1.82, 2.24) is 13.7 Å². The van der Waals surface area contributed by atoms with Gasteiger partial charge in [0.15, 0.2) is 0 Å². The van der Waals surface area contributed by atoms with Crippen molar-refractivity contribution >= 4 is 0 Å². The van der Waals surface area contributed by atoms with Gasteiger partial charge in [-0.1, -0.05) is 5.92 Å². The van der Waals surface area contributed by atoms with Gasteiger partial charge in [0, 0.05) is 0 Å². The highest BCUT2D eigenvalue weighted by Crippen LogP contribution is 2.20. The molecule has 0 saturated heterocycles. The number of rotatable bonds is 9. The number of nitrogens with zero attached hydrogens (tertiary/aromatic N) is 6. The summed E-state index contributed by atoms with van der Waals surface area (Å²) in [7, 11) is 6.10. The molecule has 7 nitrogen and oxygen atoms in total. The number of hydrogen-bond acceptors (Lipinski definition) is 1. The molecule has 3 aromatic rings. The number of aromatic nitrogens is 6. The van der Waals surface area contributed by atoms with Crippen LogP contribution >= 0.6 is 0 Å². The number of hydrogen-bond donors (Lipinski definition) is 0. The van der Waals surface area contributed by atoms with E-state index in [2.05, 4.69) is 89.5 Å². The summed E-state index contributed by atoms with van der Waals surface area (Å²) in [5.74, 6) is 2.59. The zero-order valence-electron chi connectivity index (χ0n) is 16.4. The van der Waals surface area contributed by atoms with Crippen molar-refractivity contribution in [3.8, 4) is 12.3 Å². The maximum Gasteiger partial charge on any atom is 0.243 e. The zero-order chi connectivity index (χ0) is 19.3. The molecule has 3 aromatic heterocycles. The maximum atomic E-state index is 5.89. The van der Waals surface area contributed by atoms with Crippen molar-refractivity contribution in [1.29, 1.82) is 0 Å². The van der Waals surface area contributed by atoms with Crippen LogP contribution in [0.1, 0.15) is 0 Å². The third kappa shape index (κ3) is 5.08. The summed E-state index contributed by atoms with van der Waals surface area (Å²) < 4.78 is 18.7. The summed E-state index contributed by atoms with van der Waals surface area (Å²) in [5.41, 5.74) is -0.166. The van der Waals surface area contributed by atoms with Gasteiger partial charge in [0.1, 0.15) is 68.8 Å². The molecular formula is C20H29N6O+3. The van der Waals surface area contributed by atoms with Crippen molar-refractivity contribution in [2.45, 2.75) is 19.6 Å². The Morgan fingerprint density at radius 2 is 1.22 bits per heavy atom. The molecule has 0 bridgehead atoms. The van der Waals surface area contributed by atoms with Gasteiger partial charge in [0.2, 0.25) is 19.0 Å². The normalized spacial score (nSPS) is 11.6. The summed E-state index contributed by atoms with van der Waals surface area (Å²) in [6.45, 7) is 3.36. The Kier molecular flexibility index (Phi) is 5.77. The van der Waals surface area contributed by atoms with Crippen LogP contribution in [0.25, 0.3) is 0 Å². The molecule has 0 aromatic carbocycles. The minimum absolute atomic E-state index is 0.166. The van der Waals surface area contributed by atoms with Gasteiger partial charge < -0.3 is 4.74 Å². The van der Waals surface area contributed by atoms with Crippen molar-refractivity contribution in [2.24, 2.45) is 26.6 Å². The lowest BCUT2D eigenvalue weighted by atomic mass is 9.88. The van der Waals surface area contributed by atoms with E-state index in [1.165, 1.54) is 0 Å². The van der Waals surface area contributed by atoms with E-state index in [0.29, 0.717) is 13.2 Å². The van der Waals surface area contributed by atoms with Gasteiger partial charge in [-0.2, -0.15) is 0 Å². The molecule has 0 atom stereocenters. The van der Waals surface area contributed by atoms with E-state index in [9.17, 15) is 0 Å². The lowest BCUT2D eigenvalue weighted by Crippen LogP contribution is -2.58. The largest absolute Gasteiger partial charge is 0.368 e. The topological polar surface area (TPSA) is 35.7 Å². The molecule has 0 amide bonds. The molecule has 0 N–H and O–H groups in total. The van der Waals surface area contributed by atoms with Gasteiger partial charge in [0.25, 0.3) is 0 Å². The van der Waals surface area contributed by atoms with Crippen LogP contribution in [0.15, 0.2) is 56.2 Å². The van der Waals surface area contributed by atoms with Crippen LogP contribution in [0, 0.1) is 17.8 Å². The molecule has 0 spiro atoms. The van der Waals surface area contributed by atoms with Crippen LogP contribution in [0.2, 0.25) is 0 Å². The Morgan fingerprint density at radius 1 is 0.815 bits per heavy atom. The standard InChI is InChI=1S/C20H29N6O/c1-5-12-27-16-20(13-24-9-6-21(2)17-24,14-25-10-7-22(3)18-25)15-26-11-8-23(4)19-26/h1,6-11,17-19H,12-16H2,2-4H3/q+3. The second kappa shape index (κ2) is 8.23. The second-order valence-electron chi connectivity index (χ2n) is 7.45. The lowest BCUT2D eigenvalue weighted by Gasteiger charge is -2.28. The van der Waals surface area contributed by atoms with E-state index in [4.69, 9.17) is 11.2 Å². The Morgan fingerprint density at radius 3 is 1.52 bits per heavy atom. The fourth-order valence-electron chi connectivity index (χ4n) is 3.56. The summed E-state index contributed by atoms with van der Waals surface area (Å²) in [6.07, 6.45) is 24.2. The van der Waals surface area contributed by atoms with Gasteiger partial charge in [0.05, 0.1) is 27.7 Å². The molecule has 0 aliphatic rings. The van der Waals surface area contributed by atoms with Crippen LogP contribution in [0.4, 0.5) is 0 Å². The average Bonchev–Trinajstić information content (AvgIpc) is 3.31. The van der Waals surface area contributed by atoms with E-state index in [1.54, 1.807) is 0 Å². The molecule has 0 unspecified atom stereocenters. The Bertz CT molecular complexity index is 810. The van der Waals surface area contributed by atoms with Gasteiger partial charge in [-0.15, -0.1) is 6.42 Å². The number of imidazole rings is 3. The fraction of sp³-hybridized carbons (Fsp3) is 0.450. The number of terminal acetylenes is 1.